The number of fused-ring (bicyclic) bond motifs is 1. The summed E-state index contributed by atoms with van der Waals surface area (Å²) in [5.74, 6) is -1.63. The fourth-order valence-corrected chi connectivity index (χ4v) is 4.41. The molecular formula is C32H28N4O5. The Morgan fingerprint density at radius 2 is 1.63 bits per heavy atom. The van der Waals surface area contributed by atoms with Crippen molar-refractivity contribution in [3.8, 4) is 0 Å². The number of para-hydroxylation sites is 1. The molecule has 0 fully saturated rings. The summed E-state index contributed by atoms with van der Waals surface area (Å²) in [5.41, 5.74) is 5.57. The van der Waals surface area contributed by atoms with Crippen LogP contribution in [0.5, 0.6) is 0 Å². The standard InChI is InChI=1S/C32H28N4O5/c1-20-7-5-6-10-25(20)35-32-36-26-16-11-21(17-28(26)41-32)18-29(37)33-24-14-12-22(13-15-24)27(19-30(38)39)34-31(40)23-8-3-2-4-9-23/h2-17,27H,18-19H2,1H3,(H,33,37)(H,34,40)(H,35,36)(H,38,39). The lowest BCUT2D eigenvalue weighted by molar-refractivity contribution is -0.137. The van der Waals surface area contributed by atoms with Crippen molar-refractivity contribution in [2.45, 2.75) is 25.8 Å². The summed E-state index contributed by atoms with van der Waals surface area (Å²) in [6.45, 7) is 1.99. The Bertz CT molecular complexity index is 1700. The zero-order valence-electron chi connectivity index (χ0n) is 22.3. The lowest BCUT2D eigenvalue weighted by atomic mass is 10.0. The maximum Gasteiger partial charge on any atom is 0.305 e. The normalized spacial score (nSPS) is 11.5. The predicted octanol–water partition coefficient (Wildman–Crippen LogP) is 6.01. The second-order valence-corrected chi connectivity index (χ2v) is 9.60. The maximum atomic E-state index is 12.8. The van der Waals surface area contributed by atoms with E-state index < -0.39 is 12.0 Å². The third kappa shape index (κ3) is 6.96. The molecular weight excluding hydrogens is 520 g/mol. The molecule has 0 radical (unpaired) electrons. The van der Waals surface area contributed by atoms with E-state index in [0.717, 1.165) is 16.8 Å². The van der Waals surface area contributed by atoms with E-state index in [9.17, 15) is 19.5 Å². The average Bonchev–Trinajstić information content (AvgIpc) is 3.36. The van der Waals surface area contributed by atoms with E-state index in [2.05, 4.69) is 20.9 Å². The highest BCUT2D eigenvalue weighted by atomic mass is 16.4. The number of benzene rings is 4. The van der Waals surface area contributed by atoms with E-state index in [1.165, 1.54) is 0 Å². The quantitative estimate of drug-likeness (QED) is 0.168. The van der Waals surface area contributed by atoms with Crippen molar-refractivity contribution in [2.24, 2.45) is 0 Å². The minimum atomic E-state index is -1.04. The molecule has 0 saturated carbocycles. The van der Waals surface area contributed by atoms with Crippen molar-refractivity contribution < 1.29 is 23.9 Å². The highest BCUT2D eigenvalue weighted by Crippen LogP contribution is 2.25. The average molecular weight is 549 g/mol. The van der Waals surface area contributed by atoms with Crippen molar-refractivity contribution in [3.63, 3.8) is 0 Å². The number of hydrogen-bond acceptors (Lipinski definition) is 6. The topological polar surface area (TPSA) is 134 Å². The van der Waals surface area contributed by atoms with E-state index in [0.29, 0.717) is 33.9 Å². The lowest BCUT2D eigenvalue weighted by Crippen LogP contribution is -2.30. The number of hydrogen-bond donors (Lipinski definition) is 4. The molecule has 4 N–H and O–H groups in total. The number of aryl methyl sites for hydroxylation is 1. The van der Waals surface area contributed by atoms with Crippen LogP contribution in [0.3, 0.4) is 0 Å². The van der Waals surface area contributed by atoms with Crippen molar-refractivity contribution >= 4 is 46.3 Å². The zero-order chi connectivity index (χ0) is 28.8. The number of anilines is 3. The Labute approximate surface area is 236 Å². The van der Waals surface area contributed by atoms with Crippen molar-refractivity contribution in [3.05, 3.63) is 119 Å². The van der Waals surface area contributed by atoms with Gasteiger partial charge in [0.05, 0.1) is 18.9 Å². The molecule has 0 spiro atoms. The Kier molecular flexibility index (Phi) is 8.05. The Morgan fingerprint density at radius 3 is 2.37 bits per heavy atom. The van der Waals surface area contributed by atoms with Crippen LogP contribution in [0.1, 0.15) is 39.5 Å². The minimum Gasteiger partial charge on any atom is -0.481 e. The first-order chi connectivity index (χ1) is 19.8. The van der Waals surface area contributed by atoms with Gasteiger partial charge in [0.2, 0.25) is 5.91 Å². The molecule has 5 rings (SSSR count). The van der Waals surface area contributed by atoms with E-state index in [1.54, 1.807) is 60.7 Å². The number of aliphatic carboxylic acids is 1. The highest BCUT2D eigenvalue weighted by Gasteiger charge is 2.19. The molecule has 0 aliphatic carbocycles. The molecule has 4 aromatic carbocycles. The van der Waals surface area contributed by atoms with Crippen LogP contribution in [-0.2, 0) is 16.0 Å². The van der Waals surface area contributed by atoms with Crippen LogP contribution in [0.2, 0.25) is 0 Å². The van der Waals surface area contributed by atoms with Crippen molar-refractivity contribution in [1.29, 1.82) is 0 Å². The highest BCUT2D eigenvalue weighted by molar-refractivity contribution is 5.95. The number of carboxylic acid groups (broad SMARTS) is 1. The Morgan fingerprint density at radius 1 is 0.902 bits per heavy atom. The third-order valence-electron chi connectivity index (χ3n) is 6.52. The summed E-state index contributed by atoms with van der Waals surface area (Å²) in [7, 11) is 0. The number of carboxylic acids is 1. The monoisotopic (exact) mass is 548 g/mol. The van der Waals surface area contributed by atoms with E-state index in [4.69, 9.17) is 4.42 Å². The molecule has 0 saturated heterocycles. The first-order valence-corrected chi connectivity index (χ1v) is 13.0. The van der Waals surface area contributed by atoms with E-state index in [1.807, 2.05) is 43.3 Å². The van der Waals surface area contributed by atoms with E-state index in [-0.39, 0.29) is 24.7 Å². The largest absolute Gasteiger partial charge is 0.481 e. The van der Waals surface area contributed by atoms with Gasteiger partial charge in [-0.1, -0.05) is 54.6 Å². The second kappa shape index (κ2) is 12.2. The van der Waals surface area contributed by atoms with Crippen LogP contribution in [0, 0.1) is 6.92 Å². The SMILES string of the molecule is Cc1ccccc1Nc1nc2ccc(CC(=O)Nc3ccc(C(CC(=O)O)NC(=O)c4ccccc4)cc3)cc2o1. The molecule has 1 atom stereocenters. The van der Waals surface area contributed by atoms with Gasteiger partial charge in [-0.3, -0.25) is 14.4 Å². The number of nitrogens with zero attached hydrogens (tertiary/aromatic N) is 1. The van der Waals surface area contributed by atoms with Crippen molar-refractivity contribution in [1.82, 2.24) is 10.3 Å². The summed E-state index contributed by atoms with van der Waals surface area (Å²) in [6.07, 6.45) is -0.162. The molecule has 5 aromatic rings. The number of oxazole rings is 1. The molecule has 9 nitrogen and oxygen atoms in total. The first kappa shape index (κ1) is 27.1. The number of nitrogens with one attached hydrogen (secondary N) is 3. The number of rotatable bonds is 10. The van der Waals surface area contributed by atoms with Gasteiger partial charge in [-0.25, -0.2) is 0 Å². The molecule has 0 aliphatic rings. The van der Waals surface area contributed by atoms with Crippen LogP contribution in [0.25, 0.3) is 11.1 Å². The Balaban J connectivity index is 1.22. The fraction of sp³-hybridized carbons (Fsp3) is 0.125. The van der Waals surface area contributed by atoms with Gasteiger partial charge >= 0.3 is 5.97 Å². The van der Waals surface area contributed by atoms with Gasteiger partial charge in [-0.05, 0) is 66.1 Å². The molecule has 9 heteroatoms. The van der Waals surface area contributed by atoms with Crippen LogP contribution in [-0.4, -0.2) is 27.9 Å². The molecule has 1 heterocycles. The van der Waals surface area contributed by atoms with Crippen molar-refractivity contribution in [2.75, 3.05) is 10.6 Å². The van der Waals surface area contributed by atoms with E-state index >= 15 is 0 Å². The second-order valence-electron chi connectivity index (χ2n) is 9.60. The zero-order valence-corrected chi connectivity index (χ0v) is 22.3. The van der Waals surface area contributed by atoms with Gasteiger partial charge < -0.3 is 25.5 Å². The minimum absolute atomic E-state index is 0.119. The number of carbonyl (C=O) groups excluding carboxylic acids is 2. The molecule has 2 amide bonds. The van der Waals surface area contributed by atoms with Gasteiger partial charge in [-0.2, -0.15) is 4.98 Å². The molecule has 0 aliphatic heterocycles. The van der Waals surface area contributed by atoms with Crippen LogP contribution < -0.4 is 16.0 Å². The summed E-state index contributed by atoms with van der Waals surface area (Å²) < 4.78 is 5.86. The molecule has 0 bridgehead atoms. The van der Waals surface area contributed by atoms with Gasteiger partial charge in [0.1, 0.15) is 5.52 Å². The number of carbonyl (C=O) groups is 3. The number of amides is 2. The summed E-state index contributed by atoms with van der Waals surface area (Å²) in [5, 5.41) is 18.2. The van der Waals surface area contributed by atoms with Gasteiger partial charge in [0.15, 0.2) is 5.58 Å². The summed E-state index contributed by atoms with van der Waals surface area (Å²) in [4.78, 5) is 41.3. The molecule has 206 valence electrons. The smallest absolute Gasteiger partial charge is 0.305 e. The lowest BCUT2D eigenvalue weighted by Gasteiger charge is -2.18. The number of aromatic nitrogens is 1. The molecule has 1 unspecified atom stereocenters. The van der Waals surface area contributed by atoms with Gasteiger partial charge in [-0.15, -0.1) is 0 Å². The predicted molar refractivity (Wildman–Crippen MR) is 156 cm³/mol. The first-order valence-electron chi connectivity index (χ1n) is 13.0. The maximum absolute atomic E-state index is 12.8. The molecule has 41 heavy (non-hydrogen) atoms. The van der Waals surface area contributed by atoms with Gasteiger partial charge in [0, 0.05) is 16.9 Å². The van der Waals surface area contributed by atoms with Gasteiger partial charge in [0.25, 0.3) is 11.9 Å². The molecule has 1 aromatic heterocycles. The fourth-order valence-electron chi connectivity index (χ4n) is 4.41. The summed E-state index contributed by atoms with van der Waals surface area (Å²) >= 11 is 0. The Hall–Kier alpha value is -5.44. The van der Waals surface area contributed by atoms with Crippen LogP contribution in [0.15, 0.2) is 101 Å². The van der Waals surface area contributed by atoms with Crippen LogP contribution in [0.4, 0.5) is 17.4 Å². The summed E-state index contributed by atoms with van der Waals surface area (Å²) in [6, 6.07) is 28.2. The third-order valence-corrected chi connectivity index (χ3v) is 6.52. The van der Waals surface area contributed by atoms with Crippen LogP contribution >= 0.6 is 0 Å².